The van der Waals surface area contributed by atoms with Gasteiger partial charge in [-0.25, -0.2) is 9.48 Å². The van der Waals surface area contributed by atoms with Gasteiger partial charge in [0, 0.05) is 26.0 Å². The van der Waals surface area contributed by atoms with E-state index in [2.05, 4.69) is 10.4 Å². The molecule has 0 radical (unpaired) electrons. The Morgan fingerprint density at radius 1 is 1.36 bits per heavy atom. The summed E-state index contributed by atoms with van der Waals surface area (Å²) < 4.78 is 1.65. The minimum Gasteiger partial charge on any atom is -0.481 e. The summed E-state index contributed by atoms with van der Waals surface area (Å²) in [5.74, 6) is -1.56. The van der Waals surface area contributed by atoms with Gasteiger partial charge in [-0.15, -0.1) is 0 Å². The Morgan fingerprint density at radius 3 is 2.73 bits per heavy atom. The number of carbonyl (C=O) groups excluding carboxylic acids is 1. The van der Waals surface area contributed by atoms with Crippen LogP contribution < -0.4 is 5.32 Å². The van der Waals surface area contributed by atoms with Crippen molar-refractivity contribution in [1.82, 2.24) is 14.7 Å². The Labute approximate surface area is 128 Å². The predicted octanol–water partition coefficient (Wildman–Crippen LogP) is 2.06. The van der Waals surface area contributed by atoms with Gasteiger partial charge in [-0.05, 0) is 18.2 Å². The van der Waals surface area contributed by atoms with E-state index in [1.54, 1.807) is 43.2 Å². The second-order valence-corrected chi connectivity index (χ2v) is 5.02. The highest BCUT2D eigenvalue weighted by atomic mass is 16.4. The van der Waals surface area contributed by atoms with Gasteiger partial charge in [0.1, 0.15) is 0 Å². The van der Waals surface area contributed by atoms with Gasteiger partial charge in [-0.3, -0.25) is 4.79 Å². The fourth-order valence-electron chi connectivity index (χ4n) is 1.97. The van der Waals surface area contributed by atoms with Crippen molar-refractivity contribution in [2.45, 2.75) is 6.92 Å². The first-order valence-electron chi connectivity index (χ1n) is 6.83. The topological polar surface area (TPSA) is 87.5 Å². The van der Waals surface area contributed by atoms with Gasteiger partial charge >= 0.3 is 12.0 Å². The third-order valence-corrected chi connectivity index (χ3v) is 3.21. The minimum atomic E-state index is -0.934. The van der Waals surface area contributed by atoms with Crippen molar-refractivity contribution in [3.63, 3.8) is 0 Å². The first kappa shape index (κ1) is 15.6. The number of carbonyl (C=O) groups is 2. The van der Waals surface area contributed by atoms with Crippen LogP contribution in [0.4, 0.5) is 10.5 Å². The smallest absolute Gasteiger partial charge is 0.321 e. The summed E-state index contributed by atoms with van der Waals surface area (Å²) in [6.45, 7) is 1.69. The van der Waals surface area contributed by atoms with E-state index >= 15 is 0 Å². The Kier molecular flexibility index (Phi) is 4.77. The maximum Gasteiger partial charge on any atom is 0.321 e. The van der Waals surface area contributed by atoms with E-state index in [4.69, 9.17) is 5.11 Å². The molecule has 7 heteroatoms. The van der Waals surface area contributed by atoms with Gasteiger partial charge in [0.25, 0.3) is 0 Å². The molecule has 2 amide bonds. The van der Waals surface area contributed by atoms with Crippen molar-refractivity contribution in [2.24, 2.45) is 5.92 Å². The van der Waals surface area contributed by atoms with Crippen molar-refractivity contribution >= 4 is 17.7 Å². The number of para-hydroxylation sites is 2. The molecule has 2 N–H and O–H groups in total. The molecule has 0 saturated heterocycles. The molecule has 0 spiro atoms. The third-order valence-electron chi connectivity index (χ3n) is 3.21. The van der Waals surface area contributed by atoms with E-state index in [1.807, 2.05) is 18.2 Å². The van der Waals surface area contributed by atoms with Gasteiger partial charge in [-0.2, -0.15) is 5.10 Å². The molecule has 0 saturated carbocycles. The van der Waals surface area contributed by atoms with Gasteiger partial charge in [0.05, 0.1) is 17.3 Å². The van der Waals surface area contributed by atoms with Crippen molar-refractivity contribution in [3.05, 3.63) is 42.7 Å². The average Bonchev–Trinajstić information content (AvgIpc) is 3.01. The van der Waals surface area contributed by atoms with Crippen LogP contribution in [0.25, 0.3) is 5.69 Å². The number of hydrogen-bond donors (Lipinski definition) is 2. The number of amides is 2. The maximum atomic E-state index is 12.2. The zero-order chi connectivity index (χ0) is 16.1. The van der Waals surface area contributed by atoms with Crippen LogP contribution in [-0.2, 0) is 4.79 Å². The lowest BCUT2D eigenvalue weighted by Crippen LogP contribution is -2.36. The quantitative estimate of drug-likeness (QED) is 0.885. The number of carboxylic acid groups (broad SMARTS) is 1. The standard InChI is InChI=1S/C15H18N4O3/c1-11(14(20)21)10-18(2)15(22)17-12-6-3-4-7-13(12)19-9-5-8-16-19/h3-9,11H,10H2,1-2H3,(H,17,22)(H,20,21). The molecule has 1 heterocycles. The molecule has 2 rings (SSSR count). The third kappa shape index (κ3) is 3.63. The number of nitrogens with one attached hydrogen (secondary N) is 1. The largest absolute Gasteiger partial charge is 0.481 e. The van der Waals surface area contributed by atoms with Crippen LogP contribution in [0.1, 0.15) is 6.92 Å². The fraction of sp³-hybridized carbons (Fsp3) is 0.267. The average molecular weight is 302 g/mol. The van der Waals surface area contributed by atoms with Crippen LogP contribution in [0.3, 0.4) is 0 Å². The van der Waals surface area contributed by atoms with Crippen LogP contribution in [-0.4, -0.2) is 45.4 Å². The van der Waals surface area contributed by atoms with E-state index in [0.29, 0.717) is 5.69 Å². The lowest BCUT2D eigenvalue weighted by Gasteiger charge is -2.21. The van der Waals surface area contributed by atoms with Crippen molar-refractivity contribution in [2.75, 3.05) is 18.9 Å². The maximum absolute atomic E-state index is 12.2. The molecule has 7 nitrogen and oxygen atoms in total. The van der Waals surface area contributed by atoms with Crippen LogP contribution in [0.2, 0.25) is 0 Å². The molecule has 0 aliphatic carbocycles. The molecule has 0 aliphatic heterocycles. The SMILES string of the molecule is CC(CN(C)C(=O)Nc1ccccc1-n1cccn1)C(=O)O. The molecule has 1 aromatic heterocycles. The lowest BCUT2D eigenvalue weighted by atomic mass is 10.2. The molecular weight excluding hydrogens is 284 g/mol. The highest BCUT2D eigenvalue weighted by Gasteiger charge is 2.18. The van der Waals surface area contributed by atoms with Crippen molar-refractivity contribution in [1.29, 1.82) is 0 Å². The van der Waals surface area contributed by atoms with Crippen LogP contribution in [0.15, 0.2) is 42.7 Å². The number of nitrogens with zero attached hydrogens (tertiary/aromatic N) is 3. The van der Waals surface area contributed by atoms with Gasteiger partial charge < -0.3 is 15.3 Å². The highest BCUT2D eigenvalue weighted by Crippen LogP contribution is 2.19. The number of rotatable bonds is 5. The predicted molar refractivity (Wildman–Crippen MR) is 82.0 cm³/mol. The molecule has 22 heavy (non-hydrogen) atoms. The number of benzene rings is 1. The summed E-state index contributed by atoms with van der Waals surface area (Å²) in [5.41, 5.74) is 1.34. The molecule has 1 unspecified atom stereocenters. The van der Waals surface area contributed by atoms with Gasteiger partial charge in [0.15, 0.2) is 0 Å². The number of anilines is 1. The van der Waals surface area contributed by atoms with Crippen molar-refractivity contribution < 1.29 is 14.7 Å². The summed E-state index contributed by atoms with van der Waals surface area (Å²) in [7, 11) is 1.56. The van der Waals surface area contributed by atoms with E-state index in [0.717, 1.165) is 5.69 Å². The molecule has 2 aromatic rings. The zero-order valence-corrected chi connectivity index (χ0v) is 12.4. The summed E-state index contributed by atoms with van der Waals surface area (Å²) in [6.07, 6.45) is 3.43. The Balaban J connectivity index is 2.11. The van der Waals surface area contributed by atoms with E-state index < -0.39 is 11.9 Å². The Morgan fingerprint density at radius 2 is 2.09 bits per heavy atom. The fourth-order valence-corrected chi connectivity index (χ4v) is 1.97. The monoisotopic (exact) mass is 302 g/mol. The van der Waals surface area contributed by atoms with Crippen LogP contribution in [0, 0.1) is 5.92 Å². The molecule has 116 valence electrons. The minimum absolute atomic E-state index is 0.130. The van der Waals surface area contributed by atoms with E-state index in [1.165, 1.54) is 4.90 Å². The summed E-state index contributed by atoms with van der Waals surface area (Å²) in [5, 5.41) is 15.8. The molecular formula is C15H18N4O3. The number of hydrogen-bond acceptors (Lipinski definition) is 3. The Bertz CT molecular complexity index is 655. The van der Waals surface area contributed by atoms with Crippen molar-refractivity contribution in [3.8, 4) is 5.69 Å². The number of urea groups is 1. The first-order chi connectivity index (χ1) is 10.5. The molecule has 0 bridgehead atoms. The molecule has 0 fully saturated rings. The van der Waals surface area contributed by atoms with E-state index in [9.17, 15) is 9.59 Å². The van der Waals surface area contributed by atoms with Gasteiger partial charge in [-0.1, -0.05) is 19.1 Å². The van der Waals surface area contributed by atoms with Crippen LogP contribution in [0.5, 0.6) is 0 Å². The molecule has 0 aliphatic rings. The summed E-state index contributed by atoms with van der Waals surface area (Å²) >= 11 is 0. The van der Waals surface area contributed by atoms with E-state index in [-0.39, 0.29) is 12.6 Å². The number of aromatic nitrogens is 2. The van der Waals surface area contributed by atoms with Gasteiger partial charge in [0.2, 0.25) is 0 Å². The second kappa shape index (κ2) is 6.75. The Hall–Kier alpha value is -2.83. The summed E-state index contributed by atoms with van der Waals surface area (Å²) in [4.78, 5) is 24.4. The molecule has 1 atom stereocenters. The second-order valence-electron chi connectivity index (χ2n) is 5.02. The number of carboxylic acids is 1. The highest BCUT2D eigenvalue weighted by molar-refractivity contribution is 5.91. The number of aliphatic carboxylic acids is 1. The first-order valence-corrected chi connectivity index (χ1v) is 6.83. The summed E-state index contributed by atoms with van der Waals surface area (Å²) in [6, 6.07) is 8.68. The lowest BCUT2D eigenvalue weighted by molar-refractivity contribution is -0.141. The zero-order valence-electron chi connectivity index (χ0n) is 12.4. The normalized spacial score (nSPS) is 11.7. The molecule has 1 aromatic carbocycles. The van der Waals surface area contributed by atoms with Crippen LogP contribution >= 0.6 is 0 Å².